The molecule has 0 aromatic heterocycles. The Morgan fingerprint density at radius 3 is 2.25 bits per heavy atom. The number of nitrogens with one attached hydrogen (secondary N) is 1. The van der Waals surface area contributed by atoms with Crippen molar-refractivity contribution in [2.75, 3.05) is 30.6 Å². The lowest BCUT2D eigenvalue weighted by molar-refractivity contribution is 0.0548. The van der Waals surface area contributed by atoms with Gasteiger partial charge in [0.25, 0.3) is 0 Å². The smallest absolute Gasteiger partial charge is 0.215 e. The minimum absolute atomic E-state index is 0.0600. The van der Waals surface area contributed by atoms with Crippen molar-refractivity contribution in [1.82, 2.24) is 4.72 Å². The van der Waals surface area contributed by atoms with Crippen LogP contribution < -0.4 is 4.72 Å². The van der Waals surface area contributed by atoms with Gasteiger partial charge in [0.05, 0.1) is 22.3 Å². The number of hydrogen-bond acceptors (Lipinski definition) is 5. The zero-order valence-electron chi connectivity index (χ0n) is 11.2. The molecule has 0 amide bonds. The van der Waals surface area contributed by atoms with E-state index in [2.05, 4.69) is 4.72 Å². The van der Waals surface area contributed by atoms with Gasteiger partial charge in [0.15, 0.2) is 0 Å². The molecule has 2 saturated heterocycles. The lowest BCUT2D eigenvalue weighted by Crippen LogP contribution is -2.56. The third-order valence-electron chi connectivity index (χ3n) is 4.00. The van der Waals surface area contributed by atoms with E-state index in [0.29, 0.717) is 26.1 Å². The quantitative estimate of drug-likeness (QED) is 0.739. The van der Waals surface area contributed by atoms with Gasteiger partial charge >= 0.3 is 0 Å². The molecule has 9 heteroatoms. The van der Waals surface area contributed by atoms with Crippen molar-refractivity contribution in [1.29, 1.82) is 0 Å². The van der Waals surface area contributed by atoms with Crippen LogP contribution in [0.15, 0.2) is 0 Å². The SMILES string of the molecule is O=S1(=O)CCC(S(=O)(=O)NC2(CCl)CCOCC2)CC1. The van der Waals surface area contributed by atoms with Gasteiger partial charge in [-0.2, -0.15) is 0 Å². The fourth-order valence-electron chi connectivity index (χ4n) is 2.59. The fourth-order valence-corrected chi connectivity index (χ4v) is 6.69. The van der Waals surface area contributed by atoms with E-state index in [1.807, 2.05) is 0 Å². The van der Waals surface area contributed by atoms with Crippen LogP contribution in [0, 0.1) is 0 Å². The van der Waals surface area contributed by atoms with Crippen molar-refractivity contribution in [2.24, 2.45) is 0 Å². The number of hydrogen-bond donors (Lipinski definition) is 1. The molecule has 2 heterocycles. The molecule has 2 fully saturated rings. The monoisotopic (exact) mass is 345 g/mol. The van der Waals surface area contributed by atoms with Gasteiger partial charge in [-0.25, -0.2) is 21.6 Å². The largest absolute Gasteiger partial charge is 0.381 e. The van der Waals surface area contributed by atoms with Gasteiger partial charge in [0.1, 0.15) is 9.84 Å². The van der Waals surface area contributed by atoms with E-state index >= 15 is 0 Å². The zero-order valence-corrected chi connectivity index (χ0v) is 13.6. The van der Waals surface area contributed by atoms with Crippen LogP contribution in [0.2, 0.25) is 0 Å². The lowest BCUT2D eigenvalue weighted by Gasteiger charge is -2.37. The molecule has 0 aromatic carbocycles. The molecule has 1 N–H and O–H groups in total. The van der Waals surface area contributed by atoms with E-state index in [-0.39, 0.29) is 30.2 Å². The minimum Gasteiger partial charge on any atom is -0.381 e. The summed E-state index contributed by atoms with van der Waals surface area (Å²) in [6, 6.07) is 0. The van der Waals surface area contributed by atoms with Crippen LogP contribution >= 0.6 is 11.6 Å². The molecule has 0 saturated carbocycles. The summed E-state index contributed by atoms with van der Waals surface area (Å²) in [6.07, 6.45) is 1.40. The predicted octanol–water partition coefficient (Wildman–Crippen LogP) is 0.271. The molecule has 2 rings (SSSR count). The zero-order chi connectivity index (χ0) is 14.9. The van der Waals surface area contributed by atoms with Crippen LogP contribution in [-0.2, 0) is 24.6 Å². The Morgan fingerprint density at radius 2 is 1.75 bits per heavy atom. The summed E-state index contributed by atoms with van der Waals surface area (Å²) in [5.41, 5.74) is -0.658. The second-order valence-electron chi connectivity index (χ2n) is 5.52. The van der Waals surface area contributed by atoms with Crippen molar-refractivity contribution in [3.05, 3.63) is 0 Å². The average Bonchev–Trinajstić information content (AvgIpc) is 2.38. The molecule has 2 aliphatic heterocycles. The number of sulfonamides is 1. The molecular formula is C11H20ClNO5S2. The molecule has 0 radical (unpaired) electrons. The van der Waals surface area contributed by atoms with Gasteiger partial charge in [-0.05, 0) is 25.7 Å². The number of sulfone groups is 1. The Hall–Kier alpha value is 0.110. The maximum absolute atomic E-state index is 12.4. The first-order valence-corrected chi connectivity index (χ1v) is 10.6. The van der Waals surface area contributed by atoms with Gasteiger partial charge in [-0.3, -0.25) is 0 Å². The summed E-state index contributed by atoms with van der Waals surface area (Å²) in [5, 5.41) is -0.644. The molecule has 0 spiro atoms. The standard InChI is InChI=1S/C11H20ClNO5S2/c12-9-11(3-5-18-6-4-11)13-20(16,17)10-1-7-19(14,15)8-2-10/h10,13H,1-9H2. The highest BCUT2D eigenvalue weighted by molar-refractivity contribution is 7.92. The lowest BCUT2D eigenvalue weighted by atomic mass is 9.94. The highest BCUT2D eigenvalue weighted by Gasteiger charge is 2.40. The van der Waals surface area contributed by atoms with Crippen LogP contribution in [0.3, 0.4) is 0 Å². The molecule has 0 aliphatic carbocycles. The van der Waals surface area contributed by atoms with Crippen LogP contribution in [0.25, 0.3) is 0 Å². The topological polar surface area (TPSA) is 89.5 Å². The van der Waals surface area contributed by atoms with Crippen LogP contribution in [0.1, 0.15) is 25.7 Å². The third kappa shape index (κ3) is 3.85. The summed E-state index contributed by atoms with van der Waals surface area (Å²) in [4.78, 5) is 0. The maximum Gasteiger partial charge on any atom is 0.215 e. The Balaban J connectivity index is 2.07. The summed E-state index contributed by atoms with van der Waals surface area (Å²) in [6.45, 7) is 0.961. The highest BCUT2D eigenvalue weighted by Crippen LogP contribution is 2.26. The molecule has 0 unspecified atom stereocenters. The molecular weight excluding hydrogens is 326 g/mol. The summed E-state index contributed by atoms with van der Waals surface area (Å²) < 4.78 is 55.6. The van der Waals surface area contributed by atoms with E-state index in [4.69, 9.17) is 16.3 Å². The van der Waals surface area contributed by atoms with E-state index < -0.39 is 30.6 Å². The van der Waals surface area contributed by atoms with Crippen molar-refractivity contribution in [3.8, 4) is 0 Å². The normalized spacial score (nSPS) is 27.2. The van der Waals surface area contributed by atoms with Crippen LogP contribution in [-0.4, -0.2) is 58.2 Å². The number of ether oxygens (including phenoxy) is 1. The first-order chi connectivity index (χ1) is 9.29. The van der Waals surface area contributed by atoms with Gasteiger partial charge in [-0.1, -0.05) is 0 Å². The molecule has 20 heavy (non-hydrogen) atoms. The average molecular weight is 346 g/mol. The first kappa shape index (κ1) is 16.5. The molecule has 118 valence electrons. The first-order valence-electron chi connectivity index (χ1n) is 6.66. The van der Waals surface area contributed by atoms with Crippen molar-refractivity contribution < 1.29 is 21.6 Å². The fraction of sp³-hybridized carbons (Fsp3) is 1.00. The van der Waals surface area contributed by atoms with Gasteiger partial charge in [0, 0.05) is 19.1 Å². The third-order valence-corrected chi connectivity index (χ3v) is 8.30. The van der Waals surface area contributed by atoms with Crippen LogP contribution in [0.5, 0.6) is 0 Å². The van der Waals surface area contributed by atoms with Gasteiger partial charge in [-0.15, -0.1) is 11.6 Å². The highest BCUT2D eigenvalue weighted by atomic mass is 35.5. The molecule has 6 nitrogen and oxygen atoms in total. The Kier molecular flexibility index (Phi) is 5.01. The molecule has 0 bridgehead atoms. The molecule has 2 aliphatic rings. The maximum atomic E-state index is 12.4. The Bertz CT molecular complexity index is 525. The second-order valence-corrected chi connectivity index (χ2v) is 10.1. The Labute approximate surface area is 125 Å². The number of rotatable bonds is 4. The van der Waals surface area contributed by atoms with E-state index in [1.165, 1.54) is 0 Å². The summed E-state index contributed by atoms with van der Waals surface area (Å²) in [7, 11) is -6.63. The van der Waals surface area contributed by atoms with Crippen molar-refractivity contribution >= 4 is 31.5 Å². The van der Waals surface area contributed by atoms with Gasteiger partial charge in [0.2, 0.25) is 10.0 Å². The Morgan fingerprint density at radius 1 is 1.20 bits per heavy atom. The summed E-state index contributed by atoms with van der Waals surface area (Å²) in [5.74, 6) is 0.0751. The van der Waals surface area contributed by atoms with Gasteiger partial charge < -0.3 is 4.74 Å². The minimum atomic E-state index is -3.56. The van der Waals surface area contributed by atoms with Crippen LogP contribution in [0.4, 0.5) is 0 Å². The second kappa shape index (κ2) is 6.08. The van der Waals surface area contributed by atoms with E-state index in [1.54, 1.807) is 0 Å². The number of halogens is 1. The van der Waals surface area contributed by atoms with Crippen molar-refractivity contribution in [3.63, 3.8) is 0 Å². The molecule has 0 atom stereocenters. The molecule has 0 aromatic rings. The predicted molar refractivity (Wildman–Crippen MR) is 77.2 cm³/mol. The van der Waals surface area contributed by atoms with E-state index in [0.717, 1.165) is 0 Å². The van der Waals surface area contributed by atoms with E-state index in [9.17, 15) is 16.8 Å². The number of alkyl halides is 1. The van der Waals surface area contributed by atoms with Crippen molar-refractivity contribution in [2.45, 2.75) is 36.5 Å². The summed E-state index contributed by atoms with van der Waals surface area (Å²) >= 11 is 5.95.